The Morgan fingerprint density at radius 1 is 1.21 bits per heavy atom. The van der Waals surface area contributed by atoms with E-state index in [2.05, 4.69) is 0 Å². The minimum absolute atomic E-state index is 0.0349. The van der Waals surface area contributed by atoms with Crippen molar-refractivity contribution in [1.29, 1.82) is 0 Å². The Balaban J connectivity index is 1.69. The molecule has 0 saturated heterocycles. The van der Waals surface area contributed by atoms with E-state index < -0.39 is 5.97 Å². The van der Waals surface area contributed by atoms with Crippen molar-refractivity contribution >= 4 is 40.8 Å². The Labute approximate surface area is 149 Å². The number of carbonyl (C=O) groups excluding carboxylic acids is 2. The fourth-order valence-electron chi connectivity index (χ4n) is 2.88. The third-order valence-electron chi connectivity index (χ3n) is 3.95. The third kappa shape index (κ3) is 3.25. The number of carbonyl (C=O) groups is 2. The van der Waals surface area contributed by atoms with Crippen molar-refractivity contribution in [2.75, 3.05) is 11.5 Å². The molecule has 0 radical (unpaired) electrons. The third-order valence-corrected chi connectivity index (χ3v) is 4.50. The zero-order valence-electron chi connectivity index (χ0n) is 13.0. The van der Waals surface area contributed by atoms with E-state index in [9.17, 15) is 9.59 Å². The Hall–Kier alpha value is -2.04. The topological polar surface area (TPSA) is 46.6 Å². The first-order chi connectivity index (χ1) is 11.5. The minimum Gasteiger partial charge on any atom is -0.452 e. The summed E-state index contributed by atoms with van der Waals surface area (Å²) in [5.41, 5.74) is 2.17. The quantitative estimate of drug-likeness (QED) is 0.770. The predicted molar refractivity (Wildman–Crippen MR) is 93.8 cm³/mol. The van der Waals surface area contributed by atoms with E-state index in [1.165, 1.54) is 12.1 Å². The number of esters is 1. The summed E-state index contributed by atoms with van der Waals surface area (Å²) in [6, 6.07) is 12.2. The standard InChI is InChI=1S/C18H15Cl2NO3/c1-11-8-12-4-2-3-5-16(12)21(11)17(22)10-24-18(23)14-7-6-13(19)9-15(14)20/h2-7,9,11H,8,10H2,1H3/t11-/m1/s1. The lowest BCUT2D eigenvalue weighted by Crippen LogP contribution is -2.38. The van der Waals surface area contributed by atoms with Crippen LogP contribution < -0.4 is 4.90 Å². The van der Waals surface area contributed by atoms with Crippen molar-refractivity contribution in [1.82, 2.24) is 0 Å². The zero-order chi connectivity index (χ0) is 17.3. The molecular formula is C18H15Cl2NO3. The number of hydrogen-bond donors (Lipinski definition) is 0. The summed E-state index contributed by atoms with van der Waals surface area (Å²) < 4.78 is 5.13. The summed E-state index contributed by atoms with van der Waals surface area (Å²) >= 11 is 11.8. The van der Waals surface area contributed by atoms with Gasteiger partial charge in [-0.05, 0) is 43.2 Å². The molecule has 0 unspecified atom stereocenters. The Kier molecular flexibility index (Phi) is 4.78. The van der Waals surface area contributed by atoms with E-state index in [1.807, 2.05) is 31.2 Å². The van der Waals surface area contributed by atoms with Crippen LogP contribution in [0.5, 0.6) is 0 Å². The maximum atomic E-state index is 12.5. The molecule has 1 amide bonds. The first-order valence-corrected chi connectivity index (χ1v) is 8.25. The van der Waals surface area contributed by atoms with Gasteiger partial charge in [-0.2, -0.15) is 0 Å². The molecule has 3 rings (SSSR count). The summed E-state index contributed by atoms with van der Waals surface area (Å²) in [7, 11) is 0. The Bertz CT molecular complexity index is 807. The van der Waals surface area contributed by atoms with Gasteiger partial charge in [-0.3, -0.25) is 4.79 Å². The fourth-order valence-corrected chi connectivity index (χ4v) is 3.36. The van der Waals surface area contributed by atoms with Crippen LogP contribution >= 0.6 is 23.2 Å². The van der Waals surface area contributed by atoms with E-state index in [0.717, 1.165) is 17.7 Å². The molecule has 0 saturated carbocycles. The lowest BCUT2D eigenvalue weighted by Gasteiger charge is -2.22. The average molecular weight is 364 g/mol. The first kappa shape index (κ1) is 16.8. The van der Waals surface area contributed by atoms with Gasteiger partial charge < -0.3 is 9.64 Å². The number of halogens is 2. The Morgan fingerprint density at radius 3 is 2.71 bits per heavy atom. The SMILES string of the molecule is C[C@@H]1Cc2ccccc2N1C(=O)COC(=O)c1ccc(Cl)cc1Cl. The van der Waals surface area contributed by atoms with Gasteiger partial charge in [-0.25, -0.2) is 4.79 Å². The van der Waals surface area contributed by atoms with Gasteiger partial charge in [0, 0.05) is 16.8 Å². The van der Waals surface area contributed by atoms with Crippen LogP contribution in [0.25, 0.3) is 0 Å². The van der Waals surface area contributed by atoms with Gasteiger partial charge in [0.25, 0.3) is 5.91 Å². The van der Waals surface area contributed by atoms with Gasteiger partial charge in [0.05, 0.1) is 10.6 Å². The number of amides is 1. The highest BCUT2D eigenvalue weighted by Crippen LogP contribution is 2.31. The van der Waals surface area contributed by atoms with Crippen LogP contribution in [-0.4, -0.2) is 24.5 Å². The number of anilines is 1. The second-order valence-electron chi connectivity index (χ2n) is 5.65. The second kappa shape index (κ2) is 6.83. The molecule has 0 N–H and O–H groups in total. The van der Waals surface area contributed by atoms with Gasteiger partial charge in [0.1, 0.15) is 0 Å². The summed E-state index contributed by atoms with van der Waals surface area (Å²) in [5, 5.41) is 0.620. The number of para-hydroxylation sites is 1. The largest absolute Gasteiger partial charge is 0.452 e. The molecule has 1 aliphatic heterocycles. The van der Waals surface area contributed by atoms with Crippen molar-refractivity contribution in [3.05, 3.63) is 63.6 Å². The lowest BCUT2D eigenvalue weighted by molar-refractivity contribution is -0.122. The average Bonchev–Trinajstić information content (AvgIpc) is 2.88. The summed E-state index contributed by atoms with van der Waals surface area (Å²) in [4.78, 5) is 26.3. The van der Waals surface area contributed by atoms with Crippen molar-refractivity contribution in [3.8, 4) is 0 Å². The highest BCUT2D eigenvalue weighted by molar-refractivity contribution is 6.36. The Morgan fingerprint density at radius 2 is 1.96 bits per heavy atom. The van der Waals surface area contributed by atoms with Gasteiger partial charge in [0.15, 0.2) is 6.61 Å². The molecule has 24 heavy (non-hydrogen) atoms. The monoisotopic (exact) mass is 363 g/mol. The number of nitrogens with zero attached hydrogens (tertiary/aromatic N) is 1. The highest BCUT2D eigenvalue weighted by Gasteiger charge is 2.31. The van der Waals surface area contributed by atoms with E-state index in [-0.39, 0.29) is 29.1 Å². The number of ether oxygens (including phenoxy) is 1. The zero-order valence-corrected chi connectivity index (χ0v) is 14.5. The van der Waals surface area contributed by atoms with Gasteiger partial charge in [-0.15, -0.1) is 0 Å². The molecule has 6 heteroatoms. The molecule has 2 aromatic carbocycles. The van der Waals surface area contributed by atoms with E-state index in [4.69, 9.17) is 27.9 Å². The van der Waals surface area contributed by atoms with E-state index in [0.29, 0.717) is 5.02 Å². The fraction of sp³-hybridized carbons (Fsp3) is 0.222. The lowest BCUT2D eigenvalue weighted by atomic mass is 10.1. The number of fused-ring (bicyclic) bond motifs is 1. The maximum absolute atomic E-state index is 12.5. The number of rotatable bonds is 3. The van der Waals surface area contributed by atoms with Crippen LogP contribution in [-0.2, 0) is 16.0 Å². The van der Waals surface area contributed by atoms with Gasteiger partial charge >= 0.3 is 5.97 Å². The van der Waals surface area contributed by atoms with Crippen LogP contribution in [0, 0.1) is 0 Å². The molecule has 0 aliphatic carbocycles. The molecule has 0 spiro atoms. The van der Waals surface area contributed by atoms with Crippen LogP contribution in [0.3, 0.4) is 0 Å². The molecule has 0 fully saturated rings. The van der Waals surface area contributed by atoms with Crippen molar-refractivity contribution in [3.63, 3.8) is 0 Å². The number of hydrogen-bond acceptors (Lipinski definition) is 3. The minimum atomic E-state index is -0.648. The van der Waals surface area contributed by atoms with Crippen LogP contribution in [0.2, 0.25) is 10.0 Å². The predicted octanol–water partition coefficient (Wildman–Crippen LogP) is 4.13. The summed E-state index contributed by atoms with van der Waals surface area (Å²) in [5.74, 6) is -0.906. The second-order valence-corrected chi connectivity index (χ2v) is 6.49. The first-order valence-electron chi connectivity index (χ1n) is 7.49. The highest BCUT2D eigenvalue weighted by atomic mass is 35.5. The molecule has 1 atom stereocenters. The van der Waals surface area contributed by atoms with E-state index >= 15 is 0 Å². The molecule has 4 nitrogen and oxygen atoms in total. The van der Waals surface area contributed by atoms with Crippen LogP contribution in [0.4, 0.5) is 5.69 Å². The number of benzene rings is 2. The van der Waals surface area contributed by atoms with E-state index in [1.54, 1.807) is 11.0 Å². The van der Waals surface area contributed by atoms with Gasteiger partial charge in [-0.1, -0.05) is 41.4 Å². The molecule has 1 heterocycles. The molecule has 0 bridgehead atoms. The molecule has 124 valence electrons. The van der Waals surface area contributed by atoms with Gasteiger partial charge in [0.2, 0.25) is 0 Å². The summed E-state index contributed by atoms with van der Waals surface area (Å²) in [6.45, 7) is 1.63. The smallest absolute Gasteiger partial charge is 0.340 e. The van der Waals surface area contributed by atoms with Crippen molar-refractivity contribution < 1.29 is 14.3 Å². The maximum Gasteiger partial charge on any atom is 0.340 e. The molecule has 0 aromatic heterocycles. The van der Waals surface area contributed by atoms with Crippen molar-refractivity contribution in [2.45, 2.75) is 19.4 Å². The summed E-state index contributed by atoms with van der Waals surface area (Å²) in [6.07, 6.45) is 0.791. The normalized spacial score (nSPS) is 16.0. The van der Waals surface area contributed by atoms with Crippen LogP contribution in [0.15, 0.2) is 42.5 Å². The van der Waals surface area contributed by atoms with Crippen molar-refractivity contribution in [2.24, 2.45) is 0 Å². The molecule has 1 aliphatic rings. The molecular weight excluding hydrogens is 349 g/mol. The molecule has 2 aromatic rings. The van der Waals surface area contributed by atoms with Crippen LogP contribution in [0.1, 0.15) is 22.8 Å².